The van der Waals surface area contributed by atoms with Crippen molar-refractivity contribution in [2.75, 3.05) is 39.3 Å². The molecule has 1 unspecified atom stereocenters. The number of nitrogens with one attached hydrogen (secondary N) is 1. The summed E-state index contributed by atoms with van der Waals surface area (Å²) < 4.78 is 0. The highest BCUT2D eigenvalue weighted by atomic mass is 32.1. The Morgan fingerprint density at radius 1 is 1.39 bits per heavy atom. The zero-order chi connectivity index (χ0) is 13.5. The van der Waals surface area contributed by atoms with E-state index in [4.69, 9.17) is 18.0 Å². The van der Waals surface area contributed by atoms with Crippen molar-refractivity contribution in [2.24, 2.45) is 5.73 Å². The number of hydrogen-bond donors (Lipinski definition) is 2. The SMILES string of the molecule is CCCNC(=O)CN1CCN(C(C)C(N)=S)CC1. The Morgan fingerprint density at radius 3 is 2.50 bits per heavy atom. The van der Waals surface area contributed by atoms with Crippen LogP contribution in [-0.2, 0) is 4.79 Å². The van der Waals surface area contributed by atoms with E-state index in [0.717, 1.165) is 39.1 Å². The van der Waals surface area contributed by atoms with Crippen molar-refractivity contribution in [3.63, 3.8) is 0 Å². The third kappa shape index (κ3) is 4.88. The number of piperazine rings is 1. The third-order valence-electron chi connectivity index (χ3n) is 3.31. The predicted octanol–water partition coefficient (Wildman–Crippen LogP) is -0.195. The number of nitrogens with two attached hydrogens (primary N) is 1. The fourth-order valence-electron chi connectivity index (χ4n) is 2.01. The lowest BCUT2D eigenvalue weighted by molar-refractivity contribution is -0.122. The molecule has 0 aliphatic carbocycles. The zero-order valence-electron chi connectivity index (χ0n) is 11.3. The molecule has 0 aromatic rings. The van der Waals surface area contributed by atoms with Crippen molar-refractivity contribution in [2.45, 2.75) is 26.3 Å². The van der Waals surface area contributed by atoms with Crippen LogP contribution < -0.4 is 11.1 Å². The summed E-state index contributed by atoms with van der Waals surface area (Å²) in [5.74, 6) is 0.118. The Bertz CT molecular complexity index is 290. The third-order valence-corrected chi connectivity index (χ3v) is 3.65. The van der Waals surface area contributed by atoms with Gasteiger partial charge in [-0.2, -0.15) is 0 Å². The standard InChI is InChI=1S/C12H24N4OS/c1-3-4-14-11(17)9-15-5-7-16(8-6-15)10(2)12(13)18/h10H,3-9H2,1-2H3,(H2,13,18)(H,14,17). The van der Waals surface area contributed by atoms with E-state index in [1.54, 1.807) is 0 Å². The lowest BCUT2D eigenvalue weighted by atomic mass is 10.2. The van der Waals surface area contributed by atoms with Crippen LogP contribution in [0.3, 0.4) is 0 Å². The second-order valence-electron chi connectivity index (χ2n) is 4.74. The maximum atomic E-state index is 11.6. The highest BCUT2D eigenvalue weighted by molar-refractivity contribution is 7.80. The first-order valence-corrected chi connectivity index (χ1v) is 6.97. The lowest BCUT2D eigenvalue weighted by Crippen LogP contribution is -2.54. The van der Waals surface area contributed by atoms with Gasteiger partial charge in [0.15, 0.2) is 0 Å². The lowest BCUT2D eigenvalue weighted by Gasteiger charge is -2.37. The number of amides is 1. The summed E-state index contributed by atoms with van der Waals surface area (Å²) in [5.41, 5.74) is 5.65. The molecule has 1 aliphatic rings. The second kappa shape index (κ2) is 7.66. The monoisotopic (exact) mass is 272 g/mol. The molecule has 1 aliphatic heterocycles. The van der Waals surface area contributed by atoms with E-state index < -0.39 is 0 Å². The highest BCUT2D eigenvalue weighted by Crippen LogP contribution is 2.06. The minimum atomic E-state index is 0.118. The summed E-state index contributed by atoms with van der Waals surface area (Å²) in [4.78, 5) is 16.6. The quantitative estimate of drug-likeness (QED) is 0.656. The van der Waals surface area contributed by atoms with Gasteiger partial charge in [0.25, 0.3) is 0 Å². The van der Waals surface area contributed by atoms with Gasteiger partial charge in [0.2, 0.25) is 5.91 Å². The molecular formula is C12H24N4OS. The molecule has 1 fully saturated rings. The second-order valence-corrected chi connectivity index (χ2v) is 5.21. The predicted molar refractivity (Wildman–Crippen MR) is 77.6 cm³/mol. The highest BCUT2D eigenvalue weighted by Gasteiger charge is 2.23. The van der Waals surface area contributed by atoms with Crippen molar-refractivity contribution in [1.82, 2.24) is 15.1 Å². The van der Waals surface area contributed by atoms with Crippen LogP contribution in [0.25, 0.3) is 0 Å². The van der Waals surface area contributed by atoms with E-state index >= 15 is 0 Å². The molecule has 0 aromatic heterocycles. The van der Waals surface area contributed by atoms with Crippen molar-refractivity contribution in [1.29, 1.82) is 0 Å². The van der Waals surface area contributed by atoms with Crippen LogP contribution in [0.4, 0.5) is 0 Å². The summed E-state index contributed by atoms with van der Waals surface area (Å²) in [7, 11) is 0. The van der Waals surface area contributed by atoms with Gasteiger partial charge in [0, 0.05) is 32.7 Å². The molecule has 6 heteroatoms. The molecule has 5 nitrogen and oxygen atoms in total. The van der Waals surface area contributed by atoms with Crippen LogP contribution in [-0.4, -0.2) is 66.0 Å². The van der Waals surface area contributed by atoms with Gasteiger partial charge in [-0.25, -0.2) is 0 Å². The van der Waals surface area contributed by atoms with Crippen molar-refractivity contribution < 1.29 is 4.79 Å². The number of carbonyl (C=O) groups excluding carboxylic acids is 1. The first kappa shape index (κ1) is 15.3. The molecule has 0 aromatic carbocycles. The van der Waals surface area contributed by atoms with E-state index in [9.17, 15) is 4.79 Å². The average Bonchev–Trinajstić information content (AvgIpc) is 2.36. The summed E-state index contributed by atoms with van der Waals surface area (Å²) in [6.45, 7) is 8.97. The van der Waals surface area contributed by atoms with Gasteiger partial charge in [0.05, 0.1) is 17.6 Å². The van der Waals surface area contributed by atoms with Gasteiger partial charge in [-0.15, -0.1) is 0 Å². The van der Waals surface area contributed by atoms with E-state index in [-0.39, 0.29) is 11.9 Å². The first-order valence-electron chi connectivity index (χ1n) is 6.57. The molecule has 1 amide bonds. The fraction of sp³-hybridized carbons (Fsp3) is 0.833. The Labute approximate surface area is 115 Å². The number of thiocarbonyl (C=S) groups is 1. The van der Waals surface area contributed by atoms with Gasteiger partial charge >= 0.3 is 0 Å². The van der Waals surface area contributed by atoms with Crippen LogP contribution >= 0.6 is 12.2 Å². The minimum absolute atomic E-state index is 0.118. The number of carbonyl (C=O) groups is 1. The summed E-state index contributed by atoms with van der Waals surface area (Å²) in [6.07, 6.45) is 0.977. The molecule has 1 rings (SSSR count). The number of nitrogens with zero attached hydrogens (tertiary/aromatic N) is 2. The molecule has 0 spiro atoms. The molecule has 1 atom stereocenters. The van der Waals surface area contributed by atoms with Gasteiger partial charge in [-0.05, 0) is 13.3 Å². The van der Waals surface area contributed by atoms with Crippen LogP contribution in [0.1, 0.15) is 20.3 Å². The summed E-state index contributed by atoms with van der Waals surface area (Å²) >= 11 is 5.00. The van der Waals surface area contributed by atoms with Crippen LogP contribution in [0.15, 0.2) is 0 Å². The van der Waals surface area contributed by atoms with E-state index in [1.807, 2.05) is 6.92 Å². The minimum Gasteiger partial charge on any atom is -0.392 e. The summed E-state index contributed by atoms with van der Waals surface area (Å²) in [5, 5.41) is 2.90. The molecule has 18 heavy (non-hydrogen) atoms. The molecular weight excluding hydrogens is 248 g/mol. The maximum absolute atomic E-state index is 11.6. The van der Waals surface area contributed by atoms with Gasteiger partial charge < -0.3 is 11.1 Å². The Morgan fingerprint density at radius 2 is 2.00 bits per heavy atom. The van der Waals surface area contributed by atoms with Crippen LogP contribution in [0.5, 0.6) is 0 Å². The average molecular weight is 272 g/mol. The van der Waals surface area contributed by atoms with Gasteiger partial charge in [-0.3, -0.25) is 14.6 Å². The molecule has 3 N–H and O–H groups in total. The molecule has 104 valence electrons. The smallest absolute Gasteiger partial charge is 0.234 e. The van der Waals surface area contributed by atoms with Gasteiger partial charge in [0.1, 0.15) is 0 Å². The maximum Gasteiger partial charge on any atom is 0.234 e. The summed E-state index contributed by atoms with van der Waals surface area (Å²) in [6, 6.07) is 0.149. The Balaban J connectivity index is 2.27. The fourth-order valence-corrected chi connectivity index (χ4v) is 2.16. The Hall–Kier alpha value is -0.720. The molecule has 0 bridgehead atoms. The largest absolute Gasteiger partial charge is 0.392 e. The van der Waals surface area contributed by atoms with E-state index in [0.29, 0.717) is 11.5 Å². The van der Waals surface area contributed by atoms with E-state index in [1.165, 1.54) is 0 Å². The van der Waals surface area contributed by atoms with Crippen molar-refractivity contribution in [3.8, 4) is 0 Å². The normalized spacial score (nSPS) is 19.4. The van der Waals surface area contributed by atoms with E-state index in [2.05, 4.69) is 22.0 Å². The molecule has 1 saturated heterocycles. The topological polar surface area (TPSA) is 61.6 Å². The van der Waals surface area contributed by atoms with Crippen molar-refractivity contribution in [3.05, 3.63) is 0 Å². The molecule has 0 radical (unpaired) electrons. The van der Waals surface area contributed by atoms with Crippen LogP contribution in [0, 0.1) is 0 Å². The first-order chi connectivity index (χ1) is 8.54. The van der Waals surface area contributed by atoms with Crippen LogP contribution in [0.2, 0.25) is 0 Å². The number of hydrogen-bond acceptors (Lipinski definition) is 4. The molecule has 1 heterocycles. The zero-order valence-corrected chi connectivity index (χ0v) is 12.1. The van der Waals surface area contributed by atoms with Crippen molar-refractivity contribution >= 4 is 23.1 Å². The Kier molecular flexibility index (Phi) is 6.52. The number of rotatable bonds is 6. The molecule has 0 saturated carbocycles. The van der Waals surface area contributed by atoms with Gasteiger partial charge in [-0.1, -0.05) is 19.1 Å².